The van der Waals surface area contributed by atoms with Crippen molar-refractivity contribution in [3.05, 3.63) is 64.2 Å². The van der Waals surface area contributed by atoms with Crippen molar-refractivity contribution in [2.45, 2.75) is 37.9 Å². The van der Waals surface area contributed by atoms with E-state index in [1.54, 1.807) is 16.7 Å². The number of benzene rings is 1. The number of halogens is 4. The summed E-state index contributed by atoms with van der Waals surface area (Å²) in [6.45, 7) is 2.99. The smallest absolute Gasteiger partial charge is 0.329 e. The minimum atomic E-state index is -2.89. The van der Waals surface area contributed by atoms with E-state index in [4.69, 9.17) is 9.15 Å². The van der Waals surface area contributed by atoms with Gasteiger partial charge in [0.1, 0.15) is 0 Å². The maximum absolute atomic E-state index is 14.2. The summed E-state index contributed by atoms with van der Waals surface area (Å²) < 4.78 is 67.1. The van der Waals surface area contributed by atoms with Crippen LogP contribution in [0.1, 0.15) is 36.9 Å². The van der Waals surface area contributed by atoms with E-state index < -0.39 is 24.0 Å². The number of alkyl halides is 2. The van der Waals surface area contributed by atoms with Gasteiger partial charge in [-0.3, -0.25) is 19.0 Å². The Morgan fingerprint density at radius 3 is 2.32 bits per heavy atom. The summed E-state index contributed by atoms with van der Waals surface area (Å²) in [5, 5.41) is 6.89. The number of imidazole rings is 1. The Bertz CT molecular complexity index is 1490. The Kier molecular flexibility index (Phi) is 6.03. The highest BCUT2D eigenvalue weighted by Crippen LogP contribution is 2.29. The standard InChI is InChI=1S/C24H22F4N6O3/c25-17-7-19-20(8-18(17)26)34(15-3-5-32(6-4-15)16-11-36-12-16)24(35)33(19)10-14-2-1-13(9-29-14)22-30-31-23(37-22)21(27)28/h1-2,7-9,15-16,21H,3-6,10-12H2. The number of fused-ring (bicyclic) bond motifs is 1. The van der Waals surface area contributed by atoms with Gasteiger partial charge in [0, 0.05) is 37.5 Å². The quantitative estimate of drug-likeness (QED) is 0.361. The normalized spacial score (nSPS) is 17.6. The Labute approximate surface area is 207 Å². The number of pyridine rings is 1. The van der Waals surface area contributed by atoms with E-state index in [0.717, 1.165) is 25.2 Å². The van der Waals surface area contributed by atoms with Gasteiger partial charge in [0.25, 0.3) is 5.89 Å². The van der Waals surface area contributed by atoms with E-state index in [9.17, 15) is 22.4 Å². The summed E-state index contributed by atoms with van der Waals surface area (Å²) in [4.78, 5) is 20.2. The second kappa shape index (κ2) is 9.38. The molecule has 6 rings (SSSR count). The number of ether oxygens (including phenoxy) is 1. The average Bonchev–Trinajstić information content (AvgIpc) is 3.44. The van der Waals surface area contributed by atoms with Crippen molar-refractivity contribution in [3.8, 4) is 11.5 Å². The van der Waals surface area contributed by atoms with Crippen molar-refractivity contribution < 1.29 is 26.7 Å². The van der Waals surface area contributed by atoms with Gasteiger partial charge < -0.3 is 9.15 Å². The summed E-state index contributed by atoms with van der Waals surface area (Å²) in [7, 11) is 0. The molecule has 9 nitrogen and oxygen atoms in total. The van der Waals surface area contributed by atoms with Gasteiger partial charge >= 0.3 is 12.1 Å². The molecular formula is C24H22F4N6O3. The number of piperidine rings is 1. The molecule has 2 saturated heterocycles. The minimum Gasteiger partial charge on any atom is -0.415 e. The van der Waals surface area contributed by atoms with Crippen LogP contribution in [-0.2, 0) is 11.3 Å². The van der Waals surface area contributed by atoms with Crippen molar-refractivity contribution in [1.82, 2.24) is 29.2 Å². The highest BCUT2D eigenvalue weighted by Gasteiger charge is 2.32. The van der Waals surface area contributed by atoms with Crippen LogP contribution in [0.2, 0.25) is 0 Å². The molecule has 5 heterocycles. The molecule has 1 aromatic carbocycles. The van der Waals surface area contributed by atoms with E-state index in [1.807, 2.05) is 0 Å². The van der Waals surface area contributed by atoms with Crippen LogP contribution in [0.25, 0.3) is 22.5 Å². The van der Waals surface area contributed by atoms with E-state index in [2.05, 4.69) is 20.1 Å². The first-order valence-electron chi connectivity index (χ1n) is 11.9. The molecule has 3 aromatic heterocycles. The summed E-state index contributed by atoms with van der Waals surface area (Å²) in [6.07, 6.45) is -0.122. The van der Waals surface area contributed by atoms with Gasteiger partial charge in [-0.05, 0) is 25.0 Å². The van der Waals surface area contributed by atoms with Gasteiger partial charge in [0.05, 0.1) is 48.1 Å². The minimum absolute atomic E-state index is 0.00192. The lowest BCUT2D eigenvalue weighted by atomic mass is 10.0. The van der Waals surface area contributed by atoms with Crippen molar-refractivity contribution in [1.29, 1.82) is 0 Å². The molecule has 2 fully saturated rings. The molecule has 37 heavy (non-hydrogen) atoms. The average molecular weight is 518 g/mol. The zero-order chi connectivity index (χ0) is 25.7. The van der Waals surface area contributed by atoms with Gasteiger partial charge in [-0.15, -0.1) is 10.2 Å². The van der Waals surface area contributed by atoms with Crippen LogP contribution < -0.4 is 5.69 Å². The molecule has 4 aromatic rings. The van der Waals surface area contributed by atoms with Crippen molar-refractivity contribution >= 4 is 11.0 Å². The van der Waals surface area contributed by atoms with Crippen molar-refractivity contribution in [2.75, 3.05) is 26.3 Å². The molecule has 0 amide bonds. The molecule has 2 aliphatic rings. The number of rotatable bonds is 6. The molecule has 0 unspecified atom stereocenters. The van der Waals surface area contributed by atoms with E-state index in [-0.39, 0.29) is 29.7 Å². The largest absolute Gasteiger partial charge is 0.415 e. The molecule has 0 bridgehead atoms. The predicted molar refractivity (Wildman–Crippen MR) is 122 cm³/mol. The first kappa shape index (κ1) is 23.8. The first-order valence-corrected chi connectivity index (χ1v) is 11.9. The Morgan fingerprint density at radius 2 is 1.73 bits per heavy atom. The number of likely N-dealkylation sites (tertiary alicyclic amines) is 1. The zero-order valence-electron chi connectivity index (χ0n) is 19.5. The fraction of sp³-hybridized carbons (Fsp3) is 0.417. The summed E-state index contributed by atoms with van der Waals surface area (Å²) >= 11 is 0. The lowest BCUT2D eigenvalue weighted by Gasteiger charge is -2.41. The van der Waals surface area contributed by atoms with Gasteiger partial charge in [-0.2, -0.15) is 8.78 Å². The topological polar surface area (TPSA) is 91.2 Å². The third-order valence-corrected chi connectivity index (χ3v) is 7.02. The SMILES string of the molecule is O=c1n(Cc2ccc(-c3nnc(C(F)F)o3)cn2)c2cc(F)c(F)cc2n1C1CCN(C2COC2)CC1. The number of nitrogens with zero attached hydrogens (tertiary/aromatic N) is 6. The van der Waals surface area contributed by atoms with Crippen LogP contribution in [0.3, 0.4) is 0 Å². The van der Waals surface area contributed by atoms with Crippen LogP contribution in [0, 0.1) is 11.6 Å². The van der Waals surface area contributed by atoms with Gasteiger partial charge in [-0.1, -0.05) is 0 Å². The maximum Gasteiger partial charge on any atom is 0.329 e. The molecule has 194 valence electrons. The van der Waals surface area contributed by atoms with E-state index in [0.29, 0.717) is 48.9 Å². The van der Waals surface area contributed by atoms with Crippen LogP contribution in [0.4, 0.5) is 17.6 Å². The van der Waals surface area contributed by atoms with Gasteiger partial charge in [0.15, 0.2) is 11.6 Å². The lowest BCUT2D eigenvalue weighted by molar-refractivity contribution is -0.0731. The Morgan fingerprint density at radius 1 is 1.00 bits per heavy atom. The van der Waals surface area contributed by atoms with E-state index in [1.165, 1.54) is 10.8 Å². The molecule has 0 saturated carbocycles. The fourth-order valence-corrected chi connectivity index (χ4v) is 4.97. The molecule has 0 radical (unpaired) electrons. The van der Waals surface area contributed by atoms with Crippen LogP contribution >= 0.6 is 0 Å². The fourth-order valence-electron chi connectivity index (χ4n) is 4.97. The van der Waals surface area contributed by atoms with Gasteiger partial charge in [0.2, 0.25) is 5.89 Å². The number of hydrogen-bond donors (Lipinski definition) is 0. The van der Waals surface area contributed by atoms with E-state index >= 15 is 0 Å². The molecule has 0 aliphatic carbocycles. The second-order valence-electron chi connectivity index (χ2n) is 9.24. The Hall–Kier alpha value is -3.58. The lowest BCUT2D eigenvalue weighted by Crippen LogP contribution is -2.52. The molecule has 0 atom stereocenters. The first-order chi connectivity index (χ1) is 17.9. The monoisotopic (exact) mass is 518 g/mol. The van der Waals surface area contributed by atoms with Crippen LogP contribution in [-0.4, -0.2) is 61.6 Å². The second-order valence-corrected chi connectivity index (χ2v) is 9.24. The maximum atomic E-state index is 14.2. The zero-order valence-corrected chi connectivity index (χ0v) is 19.5. The number of hydrogen-bond acceptors (Lipinski definition) is 7. The highest BCUT2D eigenvalue weighted by molar-refractivity contribution is 5.76. The molecule has 13 heteroatoms. The van der Waals surface area contributed by atoms with Crippen LogP contribution in [0.5, 0.6) is 0 Å². The molecule has 0 N–H and O–H groups in total. The van der Waals surface area contributed by atoms with Crippen LogP contribution in [0.15, 0.2) is 39.7 Å². The molecule has 0 spiro atoms. The van der Waals surface area contributed by atoms with Crippen molar-refractivity contribution in [3.63, 3.8) is 0 Å². The highest BCUT2D eigenvalue weighted by atomic mass is 19.3. The predicted octanol–water partition coefficient (Wildman–Crippen LogP) is 3.55. The van der Waals surface area contributed by atoms with Gasteiger partial charge in [-0.25, -0.2) is 13.6 Å². The van der Waals surface area contributed by atoms with Crippen molar-refractivity contribution in [2.24, 2.45) is 0 Å². The Balaban J connectivity index is 1.30. The summed E-state index contributed by atoms with van der Waals surface area (Å²) in [6, 6.07) is 5.47. The molecule has 2 aliphatic heterocycles. The third kappa shape index (κ3) is 4.31. The molecular weight excluding hydrogens is 496 g/mol. The third-order valence-electron chi connectivity index (χ3n) is 7.02. The summed E-state index contributed by atoms with van der Waals surface area (Å²) in [5.41, 5.74) is 0.992. The number of aromatic nitrogens is 5. The summed E-state index contributed by atoms with van der Waals surface area (Å²) in [5.74, 6) is -2.97.